The van der Waals surface area contributed by atoms with E-state index in [4.69, 9.17) is 5.11 Å². The molecule has 108 valence electrons. The van der Waals surface area contributed by atoms with Gasteiger partial charge >= 0.3 is 5.97 Å². The summed E-state index contributed by atoms with van der Waals surface area (Å²) in [5.41, 5.74) is 1.47. The first-order chi connectivity index (χ1) is 9.60. The Morgan fingerprint density at radius 1 is 1.25 bits per heavy atom. The normalized spacial score (nSPS) is 19.8. The lowest BCUT2D eigenvalue weighted by Gasteiger charge is -2.41. The average Bonchev–Trinajstić information content (AvgIpc) is 2.79. The molecule has 20 heavy (non-hydrogen) atoms. The number of fused-ring (bicyclic) bond motifs is 1. The minimum absolute atomic E-state index is 0.0328. The molecule has 2 aliphatic carbocycles. The number of amides is 1. The SMILES string of the molecule is O=C(O)CC1(NC(=O)c2csc3c2CCCC3)CCC1. The molecule has 1 aromatic rings. The Labute approximate surface area is 122 Å². The van der Waals surface area contributed by atoms with Crippen molar-refractivity contribution in [3.8, 4) is 0 Å². The molecule has 2 aliphatic rings. The number of hydrogen-bond donors (Lipinski definition) is 2. The van der Waals surface area contributed by atoms with Crippen molar-refractivity contribution in [2.75, 3.05) is 0 Å². The summed E-state index contributed by atoms with van der Waals surface area (Å²) in [6, 6.07) is 0. The number of carbonyl (C=O) groups is 2. The van der Waals surface area contributed by atoms with Crippen molar-refractivity contribution in [1.82, 2.24) is 5.32 Å². The van der Waals surface area contributed by atoms with Crippen LogP contribution in [0.15, 0.2) is 5.38 Å². The maximum atomic E-state index is 12.5. The highest BCUT2D eigenvalue weighted by atomic mass is 32.1. The lowest BCUT2D eigenvalue weighted by molar-refractivity contribution is -0.139. The molecule has 1 aromatic heterocycles. The summed E-state index contributed by atoms with van der Waals surface area (Å²) >= 11 is 1.67. The highest BCUT2D eigenvalue weighted by Crippen LogP contribution is 2.36. The van der Waals surface area contributed by atoms with Crippen molar-refractivity contribution >= 4 is 23.2 Å². The zero-order valence-electron chi connectivity index (χ0n) is 11.4. The lowest BCUT2D eigenvalue weighted by Crippen LogP contribution is -2.54. The van der Waals surface area contributed by atoms with Gasteiger partial charge in [0.2, 0.25) is 0 Å². The minimum Gasteiger partial charge on any atom is -0.481 e. The summed E-state index contributed by atoms with van der Waals surface area (Å²) in [6.45, 7) is 0. The van der Waals surface area contributed by atoms with E-state index >= 15 is 0 Å². The molecule has 0 bridgehead atoms. The molecule has 2 N–H and O–H groups in total. The molecule has 0 aliphatic heterocycles. The van der Waals surface area contributed by atoms with E-state index in [-0.39, 0.29) is 12.3 Å². The van der Waals surface area contributed by atoms with Gasteiger partial charge in [-0.05, 0) is 50.5 Å². The maximum Gasteiger partial charge on any atom is 0.305 e. The van der Waals surface area contributed by atoms with Crippen molar-refractivity contribution < 1.29 is 14.7 Å². The van der Waals surface area contributed by atoms with Gasteiger partial charge in [-0.15, -0.1) is 11.3 Å². The van der Waals surface area contributed by atoms with Crippen LogP contribution in [0.2, 0.25) is 0 Å². The van der Waals surface area contributed by atoms with E-state index in [1.54, 1.807) is 11.3 Å². The quantitative estimate of drug-likeness (QED) is 0.897. The van der Waals surface area contributed by atoms with E-state index < -0.39 is 11.5 Å². The largest absolute Gasteiger partial charge is 0.481 e. The molecule has 0 radical (unpaired) electrons. The molecule has 0 unspecified atom stereocenters. The molecule has 1 saturated carbocycles. The molecule has 1 heterocycles. The Hall–Kier alpha value is -1.36. The molecule has 1 amide bonds. The van der Waals surface area contributed by atoms with Crippen molar-refractivity contribution in [3.05, 3.63) is 21.4 Å². The van der Waals surface area contributed by atoms with E-state index in [0.29, 0.717) is 0 Å². The third-order valence-electron chi connectivity index (χ3n) is 4.48. The van der Waals surface area contributed by atoms with Crippen molar-refractivity contribution in [2.45, 2.75) is 56.9 Å². The van der Waals surface area contributed by atoms with E-state index in [1.807, 2.05) is 5.38 Å². The monoisotopic (exact) mass is 293 g/mol. The average molecular weight is 293 g/mol. The van der Waals surface area contributed by atoms with Gasteiger partial charge in [0.15, 0.2) is 0 Å². The molecule has 0 saturated heterocycles. The van der Waals surface area contributed by atoms with Gasteiger partial charge in [-0.1, -0.05) is 0 Å². The number of aliphatic carboxylic acids is 1. The van der Waals surface area contributed by atoms with Gasteiger partial charge in [0.05, 0.1) is 17.5 Å². The fourth-order valence-electron chi connectivity index (χ4n) is 3.23. The van der Waals surface area contributed by atoms with Crippen LogP contribution < -0.4 is 5.32 Å². The number of carboxylic acids is 1. The number of aryl methyl sites for hydroxylation is 1. The molecular formula is C15H19NO3S. The van der Waals surface area contributed by atoms with E-state index in [9.17, 15) is 9.59 Å². The fourth-order valence-corrected chi connectivity index (χ4v) is 4.36. The summed E-state index contributed by atoms with van der Waals surface area (Å²) in [5, 5.41) is 13.9. The van der Waals surface area contributed by atoms with Crippen LogP contribution in [0, 0.1) is 0 Å². The van der Waals surface area contributed by atoms with Gasteiger partial charge in [0.1, 0.15) is 0 Å². The zero-order chi connectivity index (χ0) is 14.2. The smallest absolute Gasteiger partial charge is 0.305 e. The zero-order valence-corrected chi connectivity index (χ0v) is 12.2. The highest BCUT2D eigenvalue weighted by Gasteiger charge is 2.41. The van der Waals surface area contributed by atoms with Gasteiger partial charge in [0.25, 0.3) is 5.91 Å². The number of carbonyl (C=O) groups excluding carboxylic acids is 1. The first-order valence-electron chi connectivity index (χ1n) is 7.23. The molecule has 0 atom stereocenters. The van der Waals surface area contributed by atoms with Crippen LogP contribution in [0.3, 0.4) is 0 Å². The Morgan fingerprint density at radius 3 is 2.65 bits per heavy atom. The van der Waals surface area contributed by atoms with Crippen LogP contribution in [0.5, 0.6) is 0 Å². The maximum absolute atomic E-state index is 12.5. The van der Waals surface area contributed by atoms with Crippen molar-refractivity contribution in [1.29, 1.82) is 0 Å². The van der Waals surface area contributed by atoms with Gasteiger partial charge in [0, 0.05) is 10.3 Å². The molecule has 4 nitrogen and oxygen atoms in total. The van der Waals surface area contributed by atoms with E-state index in [2.05, 4.69) is 5.32 Å². The fraction of sp³-hybridized carbons (Fsp3) is 0.600. The first-order valence-corrected chi connectivity index (χ1v) is 8.11. The second-order valence-corrected chi connectivity index (χ2v) is 6.88. The Morgan fingerprint density at radius 2 is 2.00 bits per heavy atom. The van der Waals surface area contributed by atoms with Gasteiger partial charge in [-0.3, -0.25) is 9.59 Å². The molecule has 1 fully saturated rings. The lowest BCUT2D eigenvalue weighted by atomic mass is 9.74. The number of rotatable bonds is 4. The first kappa shape index (κ1) is 13.6. The van der Waals surface area contributed by atoms with Crippen LogP contribution in [0.1, 0.15) is 59.3 Å². The third kappa shape index (κ3) is 2.46. The van der Waals surface area contributed by atoms with Crippen LogP contribution in [0.4, 0.5) is 0 Å². The molecular weight excluding hydrogens is 274 g/mol. The second-order valence-electron chi connectivity index (χ2n) is 5.92. The second kappa shape index (κ2) is 5.20. The Balaban J connectivity index is 1.76. The van der Waals surface area contributed by atoms with Gasteiger partial charge < -0.3 is 10.4 Å². The van der Waals surface area contributed by atoms with E-state index in [0.717, 1.165) is 44.1 Å². The highest BCUT2D eigenvalue weighted by molar-refractivity contribution is 7.10. The van der Waals surface area contributed by atoms with Crippen LogP contribution >= 0.6 is 11.3 Å². The predicted molar refractivity (Wildman–Crippen MR) is 77.3 cm³/mol. The molecule has 0 spiro atoms. The summed E-state index contributed by atoms with van der Waals surface area (Å²) in [7, 11) is 0. The van der Waals surface area contributed by atoms with Crippen LogP contribution in [-0.2, 0) is 17.6 Å². The van der Waals surface area contributed by atoms with E-state index in [1.165, 1.54) is 16.9 Å². The Kier molecular flexibility index (Phi) is 3.54. The minimum atomic E-state index is -0.836. The predicted octanol–water partition coefficient (Wildman–Crippen LogP) is 2.75. The van der Waals surface area contributed by atoms with Gasteiger partial charge in [-0.2, -0.15) is 0 Å². The topological polar surface area (TPSA) is 66.4 Å². The number of hydrogen-bond acceptors (Lipinski definition) is 3. The van der Waals surface area contributed by atoms with Gasteiger partial charge in [-0.25, -0.2) is 0 Å². The summed E-state index contributed by atoms with van der Waals surface area (Å²) in [4.78, 5) is 24.8. The molecule has 3 rings (SSSR count). The molecule has 0 aromatic carbocycles. The summed E-state index contributed by atoms with van der Waals surface area (Å²) in [5.74, 6) is -0.914. The standard InChI is InChI=1S/C15H19NO3S/c17-13(18)8-15(6-3-7-15)16-14(19)11-9-20-12-5-2-1-4-10(11)12/h9H,1-8H2,(H,16,19)(H,17,18). The summed E-state index contributed by atoms with van der Waals surface area (Å²) in [6.07, 6.45) is 6.98. The molecule has 5 heteroatoms. The Bertz CT molecular complexity index is 545. The van der Waals surface area contributed by atoms with Crippen LogP contribution in [-0.4, -0.2) is 22.5 Å². The van der Waals surface area contributed by atoms with Crippen molar-refractivity contribution in [3.63, 3.8) is 0 Å². The third-order valence-corrected chi connectivity index (χ3v) is 5.57. The summed E-state index contributed by atoms with van der Waals surface area (Å²) < 4.78 is 0. The van der Waals surface area contributed by atoms with Crippen molar-refractivity contribution in [2.24, 2.45) is 0 Å². The number of nitrogens with one attached hydrogen (secondary N) is 1. The number of thiophene rings is 1. The number of carboxylic acid groups (broad SMARTS) is 1. The van der Waals surface area contributed by atoms with Crippen LogP contribution in [0.25, 0.3) is 0 Å².